The van der Waals surface area contributed by atoms with Crippen LogP contribution in [0.2, 0.25) is 0 Å². The second-order valence-corrected chi connectivity index (χ2v) is 8.62. The predicted octanol–water partition coefficient (Wildman–Crippen LogP) is 5.00. The molecule has 0 saturated heterocycles. The summed E-state index contributed by atoms with van der Waals surface area (Å²) in [6, 6.07) is 20.7. The summed E-state index contributed by atoms with van der Waals surface area (Å²) in [7, 11) is 0. The third-order valence-electron chi connectivity index (χ3n) is 6.21. The van der Waals surface area contributed by atoms with Crippen molar-refractivity contribution in [3.63, 3.8) is 0 Å². The maximum absolute atomic E-state index is 12.6. The van der Waals surface area contributed by atoms with Crippen LogP contribution in [0.1, 0.15) is 34.5 Å². The lowest BCUT2D eigenvalue weighted by Crippen LogP contribution is -2.30. The molecule has 3 heterocycles. The van der Waals surface area contributed by atoms with Crippen LogP contribution in [0, 0.1) is 6.92 Å². The number of para-hydroxylation sites is 1. The molecule has 0 bridgehead atoms. The zero-order chi connectivity index (χ0) is 21.9. The number of rotatable bonds is 6. The number of carbonyl (C=O) groups excluding carboxylic acids is 1. The maximum atomic E-state index is 12.6. The number of benzene rings is 2. The molecule has 0 radical (unpaired) electrons. The Morgan fingerprint density at radius 1 is 1.09 bits per heavy atom. The Bertz CT molecular complexity index is 1260. The summed E-state index contributed by atoms with van der Waals surface area (Å²) in [4.78, 5) is 23.0. The Morgan fingerprint density at radius 2 is 2.00 bits per heavy atom. The van der Waals surface area contributed by atoms with Gasteiger partial charge in [0.2, 0.25) is 5.91 Å². The van der Waals surface area contributed by atoms with Gasteiger partial charge in [0, 0.05) is 54.5 Å². The molecule has 0 spiro atoms. The highest BCUT2D eigenvalue weighted by Gasteiger charge is 2.18. The van der Waals surface area contributed by atoms with Crippen molar-refractivity contribution < 1.29 is 4.79 Å². The van der Waals surface area contributed by atoms with E-state index in [1.54, 1.807) is 0 Å². The zero-order valence-corrected chi connectivity index (χ0v) is 18.4. The van der Waals surface area contributed by atoms with Gasteiger partial charge in [-0.15, -0.1) is 0 Å². The van der Waals surface area contributed by atoms with E-state index in [9.17, 15) is 4.79 Å². The number of H-pyrrole nitrogens is 1. The second kappa shape index (κ2) is 8.97. The van der Waals surface area contributed by atoms with Crippen molar-refractivity contribution >= 4 is 22.5 Å². The third kappa shape index (κ3) is 4.58. The molecule has 1 aliphatic rings. The van der Waals surface area contributed by atoms with E-state index < -0.39 is 0 Å². The number of pyridine rings is 1. The lowest BCUT2D eigenvalue weighted by molar-refractivity contribution is -0.116. The Hall–Kier alpha value is -3.44. The average Bonchev–Trinajstić information content (AvgIpc) is 3.21. The van der Waals surface area contributed by atoms with Crippen LogP contribution in [0.3, 0.4) is 0 Å². The highest BCUT2D eigenvalue weighted by molar-refractivity contribution is 5.91. The Balaban J connectivity index is 1.20. The Morgan fingerprint density at radius 3 is 2.91 bits per heavy atom. The van der Waals surface area contributed by atoms with Gasteiger partial charge < -0.3 is 10.3 Å². The van der Waals surface area contributed by atoms with Crippen molar-refractivity contribution in [3.8, 4) is 0 Å². The minimum atomic E-state index is 0.0480. The number of aromatic nitrogens is 2. The largest absolute Gasteiger partial charge is 0.361 e. The van der Waals surface area contributed by atoms with E-state index in [0.717, 1.165) is 55.1 Å². The molecule has 2 aromatic heterocycles. The molecule has 5 nitrogen and oxygen atoms in total. The summed E-state index contributed by atoms with van der Waals surface area (Å²) in [6.45, 7) is 4.79. The molecule has 162 valence electrons. The summed E-state index contributed by atoms with van der Waals surface area (Å²) >= 11 is 0. The lowest BCUT2D eigenvalue weighted by Gasteiger charge is -2.29. The quantitative estimate of drug-likeness (QED) is 0.458. The Kier molecular flexibility index (Phi) is 5.73. The summed E-state index contributed by atoms with van der Waals surface area (Å²) in [5, 5.41) is 4.29. The summed E-state index contributed by atoms with van der Waals surface area (Å²) < 4.78 is 0. The molecule has 0 unspecified atom stereocenters. The maximum Gasteiger partial charge on any atom is 0.224 e. The van der Waals surface area contributed by atoms with Gasteiger partial charge in [0.15, 0.2) is 0 Å². The SMILES string of the molecule is Cc1cccc(CN2CCc3ccc(NC(=O)CCc4c[nH]c5ccccc45)cc3C2)n1. The van der Waals surface area contributed by atoms with Crippen LogP contribution in [-0.4, -0.2) is 27.3 Å². The lowest BCUT2D eigenvalue weighted by atomic mass is 9.98. The number of aromatic amines is 1. The van der Waals surface area contributed by atoms with Crippen molar-refractivity contribution in [3.05, 3.63) is 94.9 Å². The molecule has 1 amide bonds. The van der Waals surface area contributed by atoms with E-state index in [1.807, 2.05) is 37.4 Å². The van der Waals surface area contributed by atoms with Crippen LogP contribution in [0.4, 0.5) is 5.69 Å². The first kappa shape index (κ1) is 20.5. The number of aryl methyl sites for hydroxylation is 2. The molecule has 5 heteroatoms. The minimum absolute atomic E-state index is 0.0480. The first-order chi connectivity index (χ1) is 15.6. The van der Waals surface area contributed by atoms with Gasteiger partial charge in [0.1, 0.15) is 0 Å². The summed E-state index contributed by atoms with van der Waals surface area (Å²) in [5.74, 6) is 0.0480. The van der Waals surface area contributed by atoms with Crippen LogP contribution in [-0.2, 0) is 30.7 Å². The van der Waals surface area contributed by atoms with Crippen molar-refractivity contribution in [2.24, 2.45) is 0 Å². The predicted molar refractivity (Wildman–Crippen MR) is 128 cm³/mol. The van der Waals surface area contributed by atoms with Crippen molar-refractivity contribution in [1.82, 2.24) is 14.9 Å². The van der Waals surface area contributed by atoms with Crippen molar-refractivity contribution in [1.29, 1.82) is 0 Å². The van der Waals surface area contributed by atoms with Crippen LogP contribution >= 0.6 is 0 Å². The minimum Gasteiger partial charge on any atom is -0.361 e. The van der Waals surface area contributed by atoms with E-state index in [-0.39, 0.29) is 5.91 Å². The fourth-order valence-corrected chi connectivity index (χ4v) is 4.56. The number of hydrogen-bond acceptors (Lipinski definition) is 3. The third-order valence-corrected chi connectivity index (χ3v) is 6.21. The monoisotopic (exact) mass is 424 g/mol. The van der Waals surface area contributed by atoms with Gasteiger partial charge in [-0.25, -0.2) is 0 Å². The smallest absolute Gasteiger partial charge is 0.224 e. The van der Waals surface area contributed by atoms with Crippen molar-refractivity contribution in [2.75, 3.05) is 11.9 Å². The summed E-state index contributed by atoms with van der Waals surface area (Å²) in [6.07, 6.45) is 4.21. The molecule has 4 aromatic rings. The highest BCUT2D eigenvalue weighted by atomic mass is 16.1. The molecule has 1 aliphatic heterocycles. The molecule has 2 N–H and O–H groups in total. The number of amides is 1. The first-order valence-electron chi connectivity index (χ1n) is 11.3. The number of hydrogen-bond donors (Lipinski definition) is 2. The normalized spacial score (nSPS) is 13.8. The van der Waals surface area contributed by atoms with Crippen LogP contribution in [0.25, 0.3) is 10.9 Å². The van der Waals surface area contributed by atoms with E-state index in [2.05, 4.69) is 56.6 Å². The van der Waals surface area contributed by atoms with Gasteiger partial charge in [-0.3, -0.25) is 14.7 Å². The number of carbonyl (C=O) groups is 1. The van der Waals surface area contributed by atoms with Crippen LogP contribution < -0.4 is 5.32 Å². The zero-order valence-electron chi connectivity index (χ0n) is 18.4. The molecule has 0 atom stereocenters. The van der Waals surface area contributed by atoms with E-state index in [0.29, 0.717) is 6.42 Å². The molecule has 0 aliphatic carbocycles. The number of nitrogens with one attached hydrogen (secondary N) is 2. The first-order valence-corrected chi connectivity index (χ1v) is 11.3. The number of nitrogens with zero attached hydrogens (tertiary/aromatic N) is 2. The topological polar surface area (TPSA) is 61.0 Å². The fraction of sp³-hybridized carbons (Fsp3) is 0.259. The highest BCUT2D eigenvalue weighted by Crippen LogP contribution is 2.24. The van der Waals surface area contributed by atoms with Crippen LogP contribution in [0.5, 0.6) is 0 Å². The number of fused-ring (bicyclic) bond motifs is 2. The van der Waals surface area contributed by atoms with Crippen molar-refractivity contribution in [2.45, 2.75) is 39.3 Å². The average molecular weight is 425 g/mol. The molecule has 32 heavy (non-hydrogen) atoms. The van der Waals surface area contributed by atoms with Gasteiger partial charge >= 0.3 is 0 Å². The van der Waals surface area contributed by atoms with E-state index >= 15 is 0 Å². The van der Waals surface area contributed by atoms with Crippen LogP contribution in [0.15, 0.2) is 66.9 Å². The Labute approximate surface area is 188 Å². The van der Waals surface area contributed by atoms with Gasteiger partial charge in [0.05, 0.1) is 5.69 Å². The molecular formula is C27H28N4O. The van der Waals surface area contributed by atoms with E-state index in [1.165, 1.54) is 22.1 Å². The van der Waals surface area contributed by atoms with Gasteiger partial charge in [-0.1, -0.05) is 30.3 Å². The molecule has 0 saturated carbocycles. The molecule has 2 aromatic carbocycles. The molecular weight excluding hydrogens is 396 g/mol. The molecule has 0 fully saturated rings. The van der Waals surface area contributed by atoms with E-state index in [4.69, 9.17) is 0 Å². The standard InChI is InChI=1S/C27H28N4O/c1-19-5-4-6-24(29-19)18-31-14-13-20-9-11-23(15-22(20)17-31)30-27(32)12-10-21-16-28-26-8-3-2-7-25(21)26/h2-9,11,15-16,28H,10,12-14,17-18H2,1H3,(H,30,32). The van der Waals surface area contributed by atoms with Gasteiger partial charge in [-0.2, -0.15) is 0 Å². The second-order valence-electron chi connectivity index (χ2n) is 8.62. The van der Waals surface area contributed by atoms with Gasteiger partial charge in [0.25, 0.3) is 0 Å². The fourth-order valence-electron chi connectivity index (χ4n) is 4.56. The number of anilines is 1. The van der Waals surface area contributed by atoms with Gasteiger partial charge in [-0.05, 0) is 66.8 Å². The molecule has 5 rings (SSSR count). The summed E-state index contributed by atoms with van der Waals surface area (Å²) in [5.41, 5.74) is 7.99.